The third-order valence-electron chi connectivity index (χ3n) is 4.90. The van der Waals surface area contributed by atoms with Crippen LogP contribution in [0.15, 0.2) is 30.3 Å². The van der Waals surface area contributed by atoms with E-state index in [0.29, 0.717) is 5.92 Å². The van der Waals surface area contributed by atoms with Crippen molar-refractivity contribution in [1.82, 2.24) is 29.6 Å². The van der Waals surface area contributed by atoms with Crippen LogP contribution in [0.3, 0.4) is 0 Å². The van der Waals surface area contributed by atoms with Crippen LogP contribution in [0.4, 0.5) is 5.95 Å². The van der Waals surface area contributed by atoms with E-state index >= 15 is 0 Å². The molecule has 0 amide bonds. The molecule has 1 aliphatic heterocycles. The molecular formula is C17H21N7S. The zero-order valence-electron chi connectivity index (χ0n) is 14.5. The SMILES string of the molecule is C=C/C(=C\C)n1nnnc1N1CCC(c2nc3sccn3c2C)CC1. The standard InChI is InChI=1S/C17H21N7S/c1-4-14(5-2)24-16(19-20-21-24)22-8-6-13(7-9-22)15-12(3)23-10-11-25-17(23)18-15/h4-5,10-11,13H,1,6-9H2,2-3H3/b14-5+. The molecule has 3 aromatic rings. The van der Waals surface area contributed by atoms with Crippen LogP contribution in [0.5, 0.6) is 0 Å². The number of rotatable bonds is 4. The highest BCUT2D eigenvalue weighted by atomic mass is 32.1. The van der Waals surface area contributed by atoms with Gasteiger partial charge in [-0.05, 0) is 43.2 Å². The maximum Gasteiger partial charge on any atom is 0.250 e. The van der Waals surface area contributed by atoms with Gasteiger partial charge in [0.1, 0.15) is 0 Å². The molecule has 130 valence electrons. The molecular weight excluding hydrogens is 334 g/mol. The number of piperidine rings is 1. The third-order valence-corrected chi connectivity index (χ3v) is 5.66. The number of hydrogen-bond donors (Lipinski definition) is 0. The van der Waals surface area contributed by atoms with Crippen LogP contribution in [0.25, 0.3) is 10.7 Å². The Labute approximate surface area is 150 Å². The maximum atomic E-state index is 4.85. The fourth-order valence-corrected chi connectivity index (χ4v) is 4.30. The quantitative estimate of drug-likeness (QED) is 0.673. The Morgan fingerprint density at radius 1 is 1.36 bits per heavy atom. The van der Waals surface area contributed by atoms with Gasteiger partial charge in [-0.1, -0.05) is 17.8 Å². The fourth-order valence-electron chi connectivity index (χ4n) is 3.53. The summed E-state index contributed by atoms with van der Waals surface area (Å²) in [6.07, 6.45) is 7.94. The number of tetrazole rings is 1. The van der Waals surface area contributed by atoms with Gasteiger partial charge in [0.15, 0.2) is 4.96 Å². The van der Waals surface area contributed by atoms with Crippen molar-refractivity contribution < 1.29 is 0 Å². The first-order chi connectivity index (χ1) is 12.2. The topological polar surface area (TPSA) is 64.1 Å². The number of thiazole rings is 1. The average Bonchev–Trinajstić information content (AvgIpc) is 3.35. The second kappa shape index (κ2) is 6.44. The van der Waals surface area contributed by atoms with Crippen LogP contribution in [0.1, 0.15) is 37.1 Å². The van der Waals surface area contributed by atoms with E-state index in [9.17, 15) is 0 Å². The summed E-state index contributed by atoms with van der Waals surface area (Å²) < 4.78 is 3.94. The van der Waals surface area contributed by atoms with Crippen molar-refractivity contribution in [2.45, 2.75) is 32.6 Å². The van der Waals surface area contributed by atoms with Crippen LogP contribution in [-0.4, -0.2) is 42.7 Å². The third kappa shape index (κ3) is 2.66. The molecule has 1 aliphatic rings. The number of hydrogen-bond acceptors (Lipinski definition) is 6. The normalized spacial score (nSPS) is 16.7. The lowest BCUT2D eigenvalue weighted by molar-refractivity contribution is 0.488. The van der Waals surface area contributed by atoms with Gasteiger partial charge in [-0.15, -0.1) is 11.3 Å². The highest BCUT2D eigenvalue weighted by Gasteiger charge is 2.27. The van der Waals surface area contributed by atoms with Crippen LogP contribution in [-0.2, 0) is 0 Å². The van der Waals surface area contributed by atoms with Gasteiger partial charge in [0.05, 0.1) is 11.4 Å². The molecule has 4 rings (SSSR count). The van der Waals surface area contributed by atoms with E-state index < -0.39 is 0 Å². The molecule has 1 fully saturated rings. The Morgan fingerprint density at radius 3 is 2.84 bits per heavy atom. The Hall–Kier alpha value is -2.48. The summed E-state index contributed by atoms with van der Waals surface area (Å²) >= 11 is 1.69. The number of imidazole rings is 1. The van der Waals surface area contributed by atoms with Gasteiger partial charge >= 0.3 is 0 Å². The second-order valence-electron chi connectivity index (χ2n) is 6.21. The largest absolute Gasteiger partial charge is 0.339 e. The monoisotopic (exact) mass is 355 g/mol. The highest BCUT2D eigenvalue weighted by molar-refractivity contribution is 7.15. The van der Waals surface area contributed by atoms with Crippen molar-refractivity contribution >= 4 is 27.9 Å². The summed E-state index contributed by atoms with van der Waals surface area (Å²) in [5.74, 6) is 1.28. The van der Waals surface area contributed by atoms with E-state index in [2.05, 4.69) is 49.9 Å². The van der Waals surface area contributed by atoms with E-state index in [4.69, 9.17) is 4.98 Å². The highest BCUT2D eigenvalue weighted by Crippen LogP contribution is 2.32. The number of anilines is 1. The molecule has 8 heteroatoms. The molecule has 0 bridgehead atoms. The van der Waals surface area contributed by atoms with Crippen molar-refractivity contribution in [3.63, 3.8) is 0 Å². The van der Waals surface area contributed by atoms with Crippen molar-refractivity contribution in [3.8, 4) is 0 Å². The van der Waals surface area contributed by atoms with Crippen LogP contribution >= 0.6 is 11.3 Å². The molecule has 3 aromatic heterocycles. The lowest BCUT2D eigenvalue weighted by atomic mass is 9.92. The molecule has 0 aliphatic carbocycles. The van der Waals surface area contributed by atoms with Crippen LogP contribution < -0.4 is 4.90 Å². The number of aromatic nitrogens is 6. The van der Waals surface area contributed by atoms with Crippen LogP contribution in [0.2, 0.25) is 0 Å². The lowest BCUT2D eigenvalue weighted by Crippen LogP contribution is -2.35. The molecule has 0 radical (unpaired) electrons. The number of fused-ring (bicyclic) bond motifs is 1. The summed E-state index contributed by atoms with van der Waals surface area (Å²) in [5.41, 5.74) is 3.40. The number of aryl methyl sites for hydroxylation is 1. The Bertz CT molecular complexity index is 924. The molecule has 4 heterocycles. The van der Waals surface area contributed by atoms with E-state index in [1.165, 1.54) is 11.4 Å². The lowest BCUT2D eigenvalue weighted by Gasteiger charge is -2.31. The van der Waals surface area contributed by atoms with E-state index in [1.807, 2.05) is 13.0 Å². The molecule has 0 unspecified atom stereocenters. The van der Waals surface area contributed by atoms with E-state index in [1.54, 1.807) is 22.1 Å². The van der Waals surface area contributed by atoms with Gasteiger partial charge in [0, 0.05) is 36.3 Å². The maximum absolute atomic E-state index is 4.85. The first kappa shape index (κ1) is 16.0. The molecule has 1 saturated heterocycles. The summed E-state index contributed by atoms with van der Waals surface area (Å²) in [7, 11) is 0. The zero-order valence-corrected chi connectivity index (χ0v) is 15.3. The molecule has 0 N–H and O–H groups in total. The van der Waals surface area contributed by atoms with Crippen molar-refractivity contribution in [2.24, 2.45) is 0 Å². The Balaban J connectivity index is 1.52. The number of nitrogens with zero attached hydrogens (tertiary/aromatic N) is 7. The van der Waals surface area contributed by atoms with Gasteiger partial charge in [-0.2, -0.15) is 4.68 Å². The summed E-state index contributed by atoms with van der Waals surface area (Å²) in [5, 5.41) is 14.3. The van der Waals surface area contributed by atoms with Crippen molar-refractivity contribution in [3.05, 3.63) is 41.7 Å². The second-order valence-corrected chi connectivity index (χ2v) is 7.08. The summed E-state index contributed by atoms with van der Waals surface area (Å²) in [4.78, 5) is 8.18. The predicted molar refractivity (Wildman–Crippen MR) is 100.0 cm³/mol. The predicted octanol–water partition coefficient (Wildman–Crippen LogP) is 3.12. The van der Waals surface area contributed by atoms with Gasteiger partial charge in [0.25, 0.3) is 0 Å². The molecule has 7 nitrogen and oxygen atoms in total. The minimum atomic E-state index is 0.494. The van der Waals surface area contributed by atoms with Gasteiger partial charge < -0.3 is 4.90 Å². The Morgan fingerprint density at radius 2 is 2.16 bits per heavy atom. The van der Waals surface area contributed by atoms with Gasteiger partial charge in [-0.3, -0.25) is 4.40 Å². The van der Waals surface area contributed by atoms with Crippen molar-refractivity contribution in [2.75, 3.05) is 18.0 Å². The van der Waals surface area contributed by atoms with Crippen molar-refractivity contribution in [1.29, 1.82) is 0 Å². The Kier molecular flexibility index (Phi) is 4.12. The van der Waals surface area contributed by atoms with E-state index in [0.717, 1.165) is 42.5 Å². The fraction of sp³-hybridized carbons (Fsp3) is 0.412. The molecule has 0 saturated carbocycles. The summed E-state index contributed by atoms with van der Waals surface area (Å²) in [6, 6.07) is 0. The summed E-state index contributed by atoms with van der Waals surface area (Å²) in [6.45, 7) is 9.80. The minimum absolute atomic E-state index is 0.494. The molecule has 0 atom stereocenters. The smallest absolute Gasteiger partial charge is 0.250 e. The molecule has 0 aromatic carbocycles. The average molecular weight is 355 g/mol. The first-order valence-corrected chi connectivity index (χ1v) is 9.35. The molecule has 25 heavy (non-hydrogen) atoms. The van der Waals surface area contributed by atoms with Crippen LogP contribution in [0, 0.1) is 6.92 Å². The molecule has 0 spiro atoms. The van der Waals surface area contributed by atoms with Gasteiger partial charge in [-0.25, -0.2) is 4.98 Å². The number of allylic oxidation sites excluding steroid dienone is 3. The van der Waals surface area contributed by atoms with E-state index in [-0.39, 0.29) is 0 Å². The first-order valence-electron chi connectivity index (χ1n) is 8.47. The minimum Gasteiger partial charge on any atom is -0.339 e. The van der Waals surface area contributed by atoms with Gasteiger partial charge in [0.2, 0.25) is 5.95 Å². The zero-order chi connectivity index (χ0) is 17.4.